The van der Waals surface area contributed by atoms with Gasteiger partial charge in [-0.15, -0.1) is 0 Å². The van der Waals surface area contributed by atoms with Gasteiger partial charge in [-0.25, -0.2) is 0 Å². The van der Waals surface area contributed by atoms with Crippen LogP contribution >= 0.6 is 0 Å². The van der Waals surface area contributed by atoms with Crippen molar-refractivity contribution >= 4 is 11.8 Å². The maximum Gasteiger partial charge on any atom is 0.261 e. The molecule has 0 spiro atoms. The van der Waals surface area contributed by atoms with Gasteiger partial charge in [0.1, 0.15) is 11.8 Å². The Morgan fingerprint density at radius 3 is 2.34 bits per heavy atom. The molecule has 156 valence electrons. The van der Waals surface area contributed by atoms with Crippen LogP contribution < -0.4 is 10.1 Å². The van der Waals surface area contributed by atoms with Crippen molar-refractivity contribution in [1.82, 2.24) is 10.2 Å². The molecule has 1 atom stereocenters. The van der Waals surface area contributed by atoms with Crippen LogP contribution in [0.5, 0.6) is 5.75 Å². The summed E-state index contributed by atoms with van der Waals surface area (Å²) in [5.41, 5.74) is 4.41. The molecular weight excluding hydrogens is 364 g/mol. The normalized spacial score (nSPS) is 11.6. The first-order chi connectivity index (χ1) is 13.8. The Labute approximate surface area is 174 Å². The molecule has 29 heavy (non-hydrogen) atoms. The zero-order valence-corrected chi connectivity index (χ0v) is 18.1. The van der Waals surface area contributed by atoms with Gasteiger partial charge in [-0.1, -0.05) is 42.8 Å². The third-order valence-electron chi connectivity index (χ3n) is 5.03. The Balaban J connectivity index is 2.13. The van der Waals surface area contributed by atoms with Crippen molar-refractivity contribution in [2.45, 2.75) is 53.6 Å². The molecule has 5 heteroatoms. The Bertz CT molecular complexity index is 831. The number of benzene rings is 2. The first-order valence-electron chi connectivity index (χ1n) is 10.1. The predicted octanol–water partition coefficient (Wildman–Crippen LogP) is 3.93. The molecule has 0 saturated heterocycles. The van der Waals surface area contributed by atoms with E-state index in [4.69, 9.17) is 4.74 Å². The van der Waals surface area contributed by atoms with Crippen LogP contribution in [0.1, 0.15) is 42.5 Å². The molecule has 0 aliphatic heterocycles. The van der Waals surface area contributed by atoms with Gasteiger partial charge in [-0.2, -0.15) is 0 Å². The third kappa shape index (κ3) is 6.63. The Morgan fingerprint density at radius 2 is 1.72 bits per heavy atom. The van der Waals surface area contributed by atoms with E-state index in [1.807, 2.05) is 70.2 Å². The number of hydrogen-bond acceptors (Lipinski definition) is 3. The van der Waals surface area contributed by atoms with E-state index >= 15 is 0 Å². The van der Waals surface area contributed by atoms with Gasteiger partial charge in [0, 0.05) is 13.1 Å². The van der Waals surface area contributed by atoms with E-state index in [1.165, 1.54) is 5.56 Å². The van der Waals surface area contributed by atoms with Crippen LogP contribution in [0, 0.1) is 20.8 Å². The highest BCUT2D eigenvalue weighted by Crippen LogP contribution is 2.17. The fraction of sp³-hybridized carbons (Fsp3) is 0.417. The second-order valence-corrected chi connectivity index (χ2v) is 7.51. The topological polar surface area (TPSA) is 58.6 Å². The van der Waals surface area contributed by atoms with Gasteiger partial charge in [0.2, 0.25) is 5.91 Å². The van der Waals surface area contributed by atoms with E-state index in [0.717, 1.165) is 23.1 Å². The Hall–Kier alpha value is -2.82. The third-order valence-corrected chi connectivity index (χ3v) is 5.03. The lowest BCUT2D eigenvalue weighted by atomic mass is 10.1. The van der Waals surface area contributed by atoms with Crippen molar-refractivity contribution in [2.24, 2.45) is 0 Å². The van der Waals surface area contributed by atoms with Crippen LogP contribution in [0.15, 0.2) is 42.5 Å². The minimum absolute atomic E-state index is 0.111. The minimum atomic E-state index is -0.585. The number of carbonyl (C=O) groups is 2. The molecule has 0 saturated carbocycles. The molecule has 0 heterocycles. The molecule has 0 radical (unpaired) electrons. The number of carbonyl (C=O) groups excluding carboxylic acids is 2. The second kappa shape index (κ2) is 10.6. The van der Waals surface area contributed by atoms with E-state index in [9.17, 15) is 9.59 Å². The standard InChI is InChI=1S/C24H32N2O3/c1-6-13-25-24(28)20(5)26(15-21-10-7-17(2)8-11-21)23(27)16-29-22-12-9-18(3)19(4)14-22/h7-12,14,20H,6,13,15-16H2,1-5H3,(H,25,28)/t20-/m1/s1. The molecule has 0 unspecified atom stereocenters. The SMILES string of the molecule is CCCNC(=O)[C@@H](C)N(Cc1ccc(C)cc1)C(=O)COc1ccc(C)c(C)c1. The zero-order valence-electron chi connectivity index (χ0n) is 18.1. The van der Waals surface area contributed by atoms with Crippen LogP contribution in [-0.4, -0.2) is 35.9 Å². The van der Waals surface area contributed by atoms with Crippen molar-refractivity contribution < 1.29 is 14.3 Å². The maximum absolute atomic E-state index is 13.0. The first kappa shape index (κ1) is 22.5. The molecule has 5 nitrogen and oxygen atoms in total. The Kier molecular flexibility index (Phi) is 8.25. The quantitative estimate of drug-likeness (QED) is 0.699. The average molecular weight is 397 g/mol. The summed E-state index contributed by atoms with van der Waals surface area (Å²) in [6.07, 6.45) is 0.847. The zero-order chi connectivity index (χ0) is 21.4. The summed E-state index contributed by atoms with van der Waals surface area (Å²) in [6, 6.07) is 13.1. The van der Waals surface area contributed by atoms with Crippen molar-refractivity contribution in [2.75, 3.05) is 13.2 Å². The molecule has 0 bridgehead atoms. The van der Waals surface area contributed by atoms with E-state index < -0.39 is 6.04 Å². The number of rotatable bonds is 9. The molecule has 2 rings (SSSR count). The number of nitrogens with zero attached hydrogens (tertiary/aromatic N) is 1. The van der Waals surface area contributed by atoms with Gasteiger partial charge >= 0.3 is 0 Å². The highest BCUT2D eigenvalue weighted by molar-refractivity contribution is 5.87. The summed E-state index contributed by atoms with van der Waals surface area (Å²) in [4.78, 5) is 27.1. The van der Waals surface area contributed by atoms with Crippen LogP contribution in [0.25, 0.3) is 0 Å². The fourth-order valence-corrected chi connectivity index (χ4v) is 2.90. The summed E-state index contributed by atoms with van der Waals surface area (Å²) < 4.78 is 5.73. The molecule has 2 amide bonds. The molecule has 0 aliphatic carbocycles. The predicted molar refractivity (Wildman–Crippen MR) is 116 cm³/mol. The Morgan fingerprint density at radius 1 is 1.03 bits per heavy atom. The number of amides is 2. The van der Waals surface area contributed by atoms with Gasteiger partial charge in [0.15, 0.2) is 6.61 Å². The van der Waals surface area contributed by atoms with Crippen molar-refractivity contribution in [3.05, 3.63) is 64.7 Å². The van der Waals surface area contributed by atoms with Gasteiger partial charge in [0.05, 0.1) is 0 Å². The highest BCUT2D eigenvalue weighted by Gasteiger charge is 2.26. The molecule has 0 aromatic heterocycles. The van der Waals surface area contributed by atoms with E-state index in [-0.39, 0.29) is 18.4 Å². The van der Waals surface area contributed by atoms with Crippen LogP contribution in [0.3, 0.4) is 0 Å². The largest absolute Gasteiger partial charge is 0.484 e. The summed E-state index contributed by atoms with van der Waals surface area (Å²) >= 11 is 0. The van der Waals surface area contributed by atoms with Crippen molar-refractivity contribution in [1.29, 1.82) is 0 Å². The number of hydrogen-bond donors (Lipinski definition) is 1. The molecule has 1 N–H and O–H groups in total. The lowest BCUT2D eigenvalue weighted by molar-refractivity contribution is -0.142. The lowest BCUT2D eigenvalue weighted by Crippen LogP contribution is -2.49. The van der Waals surface area contributed by atoms with Gasteiger partial charge < -0.3 is 15.0 Å². The van der Waals surface area contributed by atoms with Crippen molar-refractivity contribution in [3.63, 3.8) is 0 Å². The minimum Gasteiger partial charge on any atom is -0.484 e. The summed E-state index contributed by atoms with van der Waals surface area (Å²) in [7, 11) is 0. The molecule has 2 aromatic rings. The molecule has 2 aromatic carbocycles. The number of ether oxygens (including phenoxy) is 1. The summed E-state index contributed by atoms with van der Waals surface area (Å²) in [5.74, 6) is 0.279. The number of aryl methyl sites for hydroxylation is 3. The van der Waals surface area contributed by atoms with Gasteiger partial charge in [0.25, 0.3) is 5.91 Å². The van der Waals surface area contributed by atoms with E-state index in [1.54, 1.807) is 11.8 Å². The second-order valence-electron chi connectivity index (χ2n) is 7.51. The van der Waals surface area contributed by atoms with Crippen LogP contribution in [0.2, 0.25) is 0 Å². The maximum atomic E-state index is 13.0. The van der Waals surface area contributed by atoms with E-state index in [0.29, 0.717) is 18.8 Å². The van der Waals surface area contributed by atoms with E-state index in [2.05, 4.69) is 5.32 Å². The first-order valence-corrected chi connectivity index (χ1v) is 10.1. The smallest absolute Gasteiger partial charge is 0.261 e. The van der Waals surface area contributed by atoms with Gasteiger partial charge in [-0.3, -0.25) is 9.59 Å². The fourth-order valence-electron chi connectivity index (χ4n) is 2.90. The monoisotopic (exact) mass is 396 g/mol. The average Bonchev–Trinajstić information content (AvgIpc) is 2.71. The van der Waals surface area contributed by atoms with Gasteiger partial charge in [-0.05, 0) is 62.9 Å². The highest BCUT2D eigenvalue weighted by atomic mass is 16.5. The lowest BCUT2D eigenvalue weighted by Gasteiger charge is -2.28. The summed E-state index contributed by atoms with van der Waals surface area (Å²) in [6.45, 7) is 10.7. The summed E-state index contributed by atoms with van der Waals surface area (Å²) in [5, 5.41) is 2.88. The molecular formula is C24H32N2O3. The van der Waals surface area contributed by atoms with Crippen LogP contribution in [0.4, 0.5) is 0 Å². The van der Waals surface area contributed by atoms with Crippen LogP contribution in [-0.2, 0) is 16.1 Å². The molecule has 0 fully saturated rings. The van der Waals surface area contributed by atoms with Crippen molar-refractivity contribution in [3.8, 4) is 5.75 Å². The number of nitrogens with one attached hydrogen (secondary N) is 1. The molecule has 0 aliphatic rings.